The number of amides is 1. The van der Waals surface area contributed by atoms with E-state index in [0.29, 0.717) is 17.8 Å². The van der Waals surface area contributed by atoms with Crippen LogP contribution in [-0.4, -0.2) is 37.8 Å². The second kappa shape index (κ2) is 7.81. The summed E-state index contributed by atoms with van der Waals surface area (Å²) in [6, 6.07) is 3.42. The molecule has 0 aliphatic carbocycles. The van der Waals surface area contributed by atoms with Gasteiger partial charge in [-0.3, -0.25) is 4.79 Å². The third-order valence-corrected chi connectivity index (χ3v) is 3.88. The number of pyridine rings is 1. The van der Waals surface area contributed by atoms with E-state index in [4.69, 9.17) is 4.74 Å². The van der Waals surface area contributed by atoms with Crippen molar-refractivity contribution in [3.8, 4) is 0 Å². The molecule has 3 heterocycles. The molecular formula is C18H21N5O3. The van der Waals surface area contributed by atoms with E-state index in [2.05, 4.69) is 27.2 Å². The molecule has 26 heavy (non-hydrogen) atoms. The van der Waals surface area contributed by atoms with Gasteiger partial charge in [0.1, 0.15) is 11.5 Å². The second-order valence-electron chi connectivity index (χ2n) is 5.80. The SMILES string of the molecule is CCCCc1nc(NC(=O)c2ccc3nccn3c2)c(C(=O)OCC)[nH]1. The highest BCUT2D eigenvalue weighted by Gasteiger charge is 2.21. The fraction of sp³-hybridized carbons (Fsp3) is 0.333. The van der Waals surface area contributed by atoms with E-state index in [1.165, 1.54) is 0 Å². The Labute approximate surface area is 150 Å². The number of ether oxygens (including phenoxy) is 1. The number of unbranched alkanes of at least 4 members (excludes halogenated alkanes) is 1. The summed E-state index contributed by atoms with van der Waals surface area (Å²) in [5.74, 6) is -0.0663. The van der Waals surface area contributed by atoms with Crippen molar-refractivity contribution in [1.82, 2.24) is 19.4 Å². The van der Waals surface area contributed by atoms with Crippen LogP contribution in [0.3, 0.4) is 0 Å². The standard InChI is InChI=1S/C18H21N5O3/c1-3-5-6-13-20-15(18(25)26-4-2)16(21-13)22-17(24)12-7-8-14-19-9-10-23(14)11-12/h7-11H,3-6H2,1-2H3,(H,20,21)(H,22,24). The molecule has 0 radical (unpaired) electrons. The third-order valence-electron chi connectivity index (χ3n) is 3.88. The minimum absolute atomic E-state index is 0.162. The molecule has 8 nitrogen and oxygen atoms in total. The zero-order valence-corrected chi connectivity index (χ0v) is 14.8. The molecule has 136 valence electrons. The molecule has 0 unspecified atom stereocenters. The highest BCUT2D eigenvalue weighted by atomic mass is 16.5. The van der Waals surface area contributed by atoms with E-state index < -0.39 is 5.97 Å². The average molecular weight is 355 g/mol. The Morgan fingerprint density at radius 1 is 1.31 bits per heavy atom. The van der Waals surface area contributed by atoms with Crippen LogP contribution in [-0.2, 0) is 11.2 Å². The predicted octanol–water partition coefficient (Wildman–Crippen LogP) is 2.83. The number of fused-ring (bicyclic) bond motifs is 1. The minimum Gasteiger partial charge on any atom is -0.461 e. The summed E-state index contributed by atoms with van der Waals surface area (Å²) in [5, 5.41) is 2.70. The summed E-state index contributed by atoms with van der Waals surface area (Å²) in [5.41, 5.74) is 1.34. The van der Waals surface area contributed by atoms with Crippen LogP contribution in [0.1, 0.15) is 53.4 Å². The van der Waals surface area contributed by atoms with Gasteiger partial charge in [-0.1, -0.05) is 13.3 Å². The third kappa shape index (κ3) is 3.74. The van der Waals surface area contributed by atoms with Crippen LogP contribution in [0.2, 0.25) is 0 Å². The van der Waals surface area contributed by atoms with Crippen LogP contribution in [0.5, 0.6) is 0 Å². The topological polar surface area (TPSA) is 101 Å². The first kappa shape index (κ1) is 17.7. The number of imidazole rings is 2. The van der Waals surface area contributed by atoms with E-state index in [0.717, 1.165) is 18.5 Å². The molecule has 8 heteroatoms. The highest BCUT2D eigenvalue weighted by molar-refractivity contribution is 6.06. The number of nitrogens with one attached hydrogen (secondary N) is 2. The van der Waals surface area contributed by atoms with Gasteiger partial charge in [-0.15, -0.1) is 0 Å². The van der Waals surface area contributed by atoms with Gasteiger partial charge >= 0.3 is 5.97 Å². The zero-order valence-electron chi connectivity index (χ0n) is 14.8. The summed E-state index contributed by atoms with van der Waals surface area (Å²) in [7, 11) is 0. The number of hydrogen-bond acceptors (Lipinski definition) is 5. The van der Waals surface area contributed by atoms with E-state index in [9.17, 15) is 9.59 Å². The molecule has 3 rings (SSSR count). The van der Waals surface area contributed by atoms with Gasteiger partial charge < -0.3 is 19.4 Å². The van der Waals surface area contributed by atoms with Crippen molar-refractivity contribution >= 4 is 23.3 Å². The number of aromatic amines is 1. The lowest BCUT2D eigenvalue weighted by atomic mass is 10.2. The van der Waals surface area contributed by atoms with Gasteiger partial charge in [0.15, 0.2) is 11.5 Å². The predicted molar refractivity (Wildman–Crippen MR) is 96.3 cm³/mol. The van der Waals surface area contributed by atoms with E-state index in [1.54, 1.807) is 42.0 Å². The number of H-pyrrole nitrogens is 1. The first-order valence-electron chi connectivity index (χ1n) is 8.62. The number of aryl methyl sites for hydroxylation is 1. The zero-order chi connectivity index (χ0) is 18.5. The van der Waals surface area contributed by atoms with Gasteiger partial charge in [0.2, 0.25) is 0 Å². The Bertz CT molecular complexity index is 928. The minimum atomic E-state index is -0.539. The van der Waals surface area contributed by atoms with Gasteiger partial charge in [-0.25, -0.2) is 14.8 Å². The molecule has 0 aromatic carbocycles. The van der Waals surface area contributed by atoms with E-state index >= 15 is 0 Å². The molecule has 0 bridgehead atoms. The molecule has 0 fully saturated rings. The lowest BCUT2D eigenvalue weighted by molar-refractivity contribution is 0.0521. The van der Waals surface area contributed by atoms with Crippen LogP contribution < -0.4 is 5.32 Å². The molecule has 3 aromatic rings. The maximum Gasteiger partial charge on any atom is 0.358 e. The molecule has 0 aliphatic heterocycles. The maximum atomic E-state index is 12.6. The van der Waals surface area contributed by atoms with Gasteiger partial charge in [0.05, 0.1) is 12.2 Å². The molecule has 3 aromatic heterocycles. The lowest BCUT2D eigenvalue weighted by Gasteiger charge is -2.05. The first-order valence-corrected chi connectivity index (χ1v) is 8.62. The van der Waals surface area contributed by atoms with Crippen LogP contribution in [0, 0.1) is 0 Å². The number of rotatable bonds is 7. The van der Waals surface area contributed by atoms with Crippen molar-refractivity contribution in [1.29, 1.82) is 0 Å². The van der Waals surface area contributed by atoms with Crippen molar-refractivity contribution in [2.24, 2.45) is 0 Å². The fourth-order valence-corrected chi connectivity index (χ4v) is 2.56. The summed E-state index contributed by atoms with van der Waals surface area (Å²) in [4.78, 5) is 36.2. The quantitative estimate of drug-likeness (QED) is 0.635. The summed E-state index contributed by atoms with van der Waals surface area (Å²) in [6.45, 7) is 4.04. The number of esters is 1. The summed E-state index contributed by atoms with van der Waals surface area (Å²) >= 11 is 0. The Morgan fingerprint density at radius 3 is 2.92 bits per heavy atom. The Kier molecular flexibility index (Phi) is 5.31. The smallest absolute Gasteiger partial charge is 0.358 e. The molecular weight excluding hydrogens is 334 g/mol. The number of carbonyl (C=O) groups is 2. The Balaban J connectivity index is 1.85. The lowest BCUT2D eigenvalue weighted by Crippen LogP contribution is -2.16. The highest BCUT2D eigenvalue weighted by Crippen LogP contribution is 2.17. The van der Waals surface area contributed by atoms with Crippen LogP contribution in [0.4, 0.5) is 5.82 Å². The average Bonchev–Trinajstić information content (AvgIpc) is 3.26. The fourth-order valence-electron chi connectivity index (χ4n) is 2.56. The van der Waals surface area contributed by atoms with Gasteiger partial charge in [-0.05, 0) is 25.5 Å². The van der Waals surface area contributed by atoms with Gasteiger partial charge in [0.25, 0.3) is 5.91 Å². The number of hydrogen-bond donors (Lipinski definition) is 2. The number of anilines is 1. The van der Waals surface area contributed by atoms with E-state index in [-0.39, 0.29) is 24.0 Å². The van der Waals surface area contributed by atoms with Crippen LogP contribution >= 0.6 is 0 Å². The molecule has 0 aliphatic rings. The monoisotopic (exact) mass is 355 g/mol. The molecule has 0 spiro atoms. The van der Waals surface area contributed by atoms with Gasteiger partial charge in [-0.2, -0.15) is 0 Å². The molecule has 1 amide bonds. The van der Waals surface area contributed by atoms with E-state index in [1.807, 2.05) is 0 Å². The molecule has 0 atom stereocenters. The Morgan fingerprint density at radius 2 is 2.15 bits per heavy atom. The van der Waals surface area contributed by atoms with Crippen molar-refractivity contribution in [3.05, 3.63) is 47.8 Å². The first-order chi connectivity index (χ1) is 12.6. The molecule has 0 saturated carbocycles. The number of carbonyl (C=O) groups excluding carboxylic acids is 2. The molecule has 2 N–H and O–H groups in total. The largest absolute Gasteiger partial charge is 0.461 e. The Hall–Kier alpha value is -3.16. The summed E-state index contributed by atoms with van der Waals surface area (Å²) < 4.78 is 6.80. The van der Waals surface area contributed by atoms with Crippen molar-refractivity contribution in [2.75, 3.05) is 11.9 Å². The van der Waals surface area contributed by atoms with Crippen molar-refractivity contribution < 1.29 is 14.3 Å². The second-order valence-corrected chi connectivity index (χ2v) is 5.80. The molecule has 0 saturated heterocycles. The normalized spacial score (nSPS) is 10.8. The van der Waals surface area contributed by atoms with Crippen molar-refractivity contribution in [2.45, 2.75) is 33.1 Å². The summed E-state index contributed by atoms with van der Waals surface area (Å²) in [6.07, 6.45) is 7.71. The number of aromatic nitrogens is 4. The van der Waals surface area contributed by atoms with Crippen molar-refractivity contribution in [3.63, 3.8) is 0 Å². The van der Waals surface area contributed by atoms with Crippen LogP contribution in [0.15, 0.2) is 30.7 Å². The van der Waals surface area contributed by atoms with Gasteiger partial charge in [0, 0.05) is 25.0 Å². The number of nitrogens with zero attached hydrogens (tertiary/aromatic N) is 3. The maximum absolute atomic E-state index is 12.6. The van der Waals surface area contributed by atoms with Crippen LogP contribution in [0.25, 0.3) is 5.65 Å².